The molecule has 1 unspecified atom stereocenters. The van der Waals surface area contributed by atoms with Crippen LogP contribution in [0.3, 0.4) is 0 Å². The molecular weight excluding hydrogens is 264 g/mol. The Morgan fingerprint density at radius 1 is 1.05 bits per heavy atom. The summed E-state index contributed by atoms with van der Waals surface area (Å²) in [5, 5.41) is 3.50. The Balaban J connectivity index is 2.27. The van der Waals surface area contributed by atoms with Crippen molar-refractivity contribution in [2.75, 3.05) is 5.32 Å². The molecule has 0 aliphatic heterocycles. The first kappa shape index (κ1) is 14.5. The summed E-state index contributed by atoms with van der Waals surface area (Å²) in [4.78, 5) is 0.420. The highest BCUT2D eigenvalue weighted by atomic mass is 32.1. The van der Waals surface area contributed by atoms with Crippen LogP contribution in [0.5, 0.6) is 0 Å². The van der Waals surface area contributed by atoms with E-state index in [0.29, 0.717) is 4.99 Å². The molecule has 3 N–H and O–H groups in total. The number of benzene rings is 2. The molecule has 0 saturated carbocycles. The molecule has 2 rings (SSSR count). The van der Waals surface area contributed by atoms with E-state index < -0.39 is 0 Å². The molecule has 0 aliphatic carbocycles. The highest BCUT2D eigenvalue weighted by molar-refractivity contribution is 7.80. The van der Waals surface area contributed by atoms with Gasteiger partial charge >= 0.3 is 0 Å². The van der Waals surface area contributed by atoms with Gasteiger partial charge < -0.3 is 11.1 Å². The Morgan fingerprint density at radius 3 is 2.25 bits per heavy atom. The van der Waals surface area contributed by atoms with E-state index >= 15 is 0 Å². The maximum absolute atomic E-state index is 5.79. The van der Waals surface area contributed by atoms with Crippen molar-refractivity contribution in [3.8, 4) is 0 Å². The molecule has 1 atom stereocenters. The van der Waals surface area contributed by atoms with Crippen molar-refractivity contribution in [3.63, 3.8) is 0 Å². The maximum atomic E-state index is 5.79. The molecule has 0 aliphatic rings. The van der Waals surface area contributed by atoms with E-state index in [2.05, 4.69) is 56.4 Å². The van der Waals surface area contributed by atoms with Crippen molar-refractivity contribution in [3.05, 3.63) is 64.7 Å². The molecule has 20 heavy (non-hydrogen) atoms. The SMILES string of the molecule is Cc1ccc(C(C)Nc2cc(C)ccc2C(N)=S)cc1. The molecular formula is C17H20N2S. The van der Waals surface area contributed by atoms with Gasteiger partial charge in [-0.2, -0.15) is 0 Å². The van der Waals surface area contributed by atoms with Crippen molar-refractivity contribution in [2.45, 2.75) is 26.8 Å². The highest BCUT2D eigenvalue weighted by Gasteiger charge is 2.10. The van der Waals surface area contributed by atoms with Crippen LogP contribution < -0.4 is 11.1 Å². The van der Waals surface area contributed by atoms with Gasteiger partial charge in [0.05, 0.1) is 0 Å². The quantitative estimate of drug-likeness (QED) is 0.830. The normalized spacial score (nSPS) is 11.9. The fourth-order valence-electron chi connectivity index (χ4n) is 2.16. The van der Waals surface area contributed by atoms with E-state index in [9.17, 15) is 0 Å². The Morgan fingerprint density at radius 2 is 1.65 bits per heavy atom. The van der Waals surface area contributed by atoms with E-state index in [-0.39, 0.29) is 6.04 Å². The lowest BCUT2D eigenvalue weighted by molar-refractivity contribution is 0.883. The van der Waals surface area contributed by atoms with Gasteiger partial charge in [0.1, 0.15) is 4.99 Å². The molecule has 0 fully saturated rings. The number of hydrogen-bond donors (Lipinski definition) is 2. The van der Waals surface area contributed by atoms with Crippen LogP contribution in [0.25, 0.3) is 0 Å². The van der Waals surface area contributed by atoms with Gasteiger partial charge in [-0.3, -0.25) is 0 Å². The van der Waals surface area contributed by atoms with E-state index in [4.69, 9.17) is 18.0 Å². The van der Waals surface area contributed by atoms with Crippen LogP contribution >= 0.6 is 12.2 Å². The summed E-state index contributed by atoms with van der Waals surface area (Å²) in [6.07, 6.45) is 0. The summed E-state index contributed by atoms with van der Waals surface area (Å²) in [7, 11) is 0. The lowest BCUT2D eigenvalue weighted by Gasteiger charge is -2.19. The predicted molar refractivity (Wildman–Crippen MR) is 90.3 cm³/mol. The summed E-state index contributed by atoms with van der Waals surface area (Å²) in [6.45, 7) is 6.29. The monoisotopic (exact) mass is 284 g/mol. The minimum atomic E-state index is 0.200. The van der Waals surface area contributed by atoms with Crippen LogP contribution in [0.15, 0.2) is 42.5 Å². The number of nitrogens with two attached hydrogens (primary N) is 1. The van der Waals surface area contributed by atoms with Gasteiger partial charge in [-0.1, -0.05) is 48.1 Å². The third-order valence-corrected chi connectivity index (χ3v) is 3.61. The summed E-state index contributed by atoms with van der Waals surface area (Å²) in [5.74, 6) is 0. The standard InChI is InChI=1S/C17H20N2S/c1-11-4-7-14(8-5-11)13(3)19-16-10-12(2)6-9-15(16)17(18)20/h4-10,13,19H,1-3H3,(H2,18,20). The van der Waals surface area contributed by atoms with Crippen molar-refractivity contribution >= 4 is 22.9 Å². The number of anilines is 1. The Labute approximate surface area is 126 Å². The molecule has 0 amide bonds. The highest BCUT2D eigenvalue weighted by Crippen LogP contribution is 2.24. The van der Waals surface area contributed by atoms with Gasteiger partial charge in [0.25, 0.3) is 0 Å². The van der Waals surface area contributed by atoms with Gasteiger partial charge in [0.15, 0.2) is 0 Å². The molecule has 0 spiro atoms. The van der Waals surface area contributed by atoms with Crippen molar-refractivity contribution in [2.24, 2.45) is 5.73 Å². The minimum absolute atomic E-state index is 0.200. The lowest BCUT2D eigenvalue weighted by atomic mass is 10.0. The van der Waals surface area contributed by atoms with Gasteiger partial charge in [-0.15, -0.1) is 0 Å². The summed E-state index contributed by atoms with van der Waals surface area (Å²) in [5.41, 5.74) is 11.4. The summed E-state index contributed by atoms with van der Waals surface area (Å²) >= 11 is 5.12. The second-order valence-electron chi connectivity index (χ2n) is 5.19. The third kappa shape index (κ3) is 3.36. The average Bonchev–Trinajstić information content (AvgIpc) is 2.39. The van der Waals surface area contributed by atoms with Crippen LogP contribution in [0.2, 0.25) is 0 Å². The fraction of sp³-hybridized carbons (Fsp3) is 0.235. The topological polar surface area (TPSA) is 38.0 Å². The first-order valence-corrected chi connectivity index (χ1v) is 7.12. The van der Waals surface area contributed by atoms with Crippen LogP contribution in [0.1, 0.15) is 35.2 Å². The first-order valence-electron chi connectivity index (χ1n) is 6.71. The smallest absolute Gasteiger partial charge is 0.106 e. The van der Waals surface area contributed by atoms with E-state index in [1.807, 2.05) is 12.1 Å². The molecule has 0 saturated heterocycles. The maximum Gasteiger partial charge on any atom is 0.106 e. The number of nitrogens with one attached hydrogen (secondary N) is 1. The molecule has 0 heterocycles. The number of thiocarbonyl (C=S) groups is 1. The van der Waals surface area contributed by atoms with Gasteiger partial charge in [-0.05, 0) is 44.0 Å². The lowest BCUT2D eigenvalue weighted by Crippen LogP contribution is -2.15. The predicted octanol–water partition coefficient (Wildman–Crippen LogP) is 4.11. The van der Waals surface area contributed by atoms with E-state index in [1.54, 1.807) is 0 Å². The molecule has 0 aromatic heterocycles. The van der Waals surface area contributed by atoms with Crippen LogP contribution in [0.4, 0.5) is 5.69 Å². The zero-order chi connectivity index (χ0) is 14.7. The molecule has 2 nitrogen and oxygen atoms in total. The zero-order valence-corrected chi connectivity index (χ0v) is 12.9. The Bertz CT molecular complexity index is 617. The van der Waals surface area contributed by atoms with Gasteiger partial charge in [0, 0.05) is 17.3 Å². The van der Waals surface area contributed by atoms with Crippen LogP contribution in [0, 0.1) is 13.8 Å². The van der Waals surface area contributed by atoms with Gasteiger partial charge in [-0.25, -0.2) is 0 Å². The first-order chi connectivity index (χ1) is 9.47. The molecule has 2 aromatic rings. The van der Waals surface area contributed by atoms with E-state index in [1.165, 1.54) is 16.7 Å². The van der Waals surface area contributed by atoms with Crippen molar-refractivity contribution < 1.29 is 0 Å². The second-order valence-corrected chi connectivity index (χ2v) is 5.63. The van der Waals surface area contributed by atoms with Crippen molar-refractivity contribution in [1.29, 1.82) is 0 Å². The minimum Gasteiger partial charge on any atom is -0.389 e. The average molecular weight is 284 g/mol. The molecule has 2 aromatic carbocycles. The number of hydrogen-bond acceptors (Lipinski definition) is 2. The third-order valence-electron chi connectivity index (χ3n) is 3.39. The molecule has 104 valence electrons. The summed E-state index contributed by atoms with van der Waals surface area (Å²) < 4.78 is 0. The Hall–Kier alpha value is -1.87. The van der Waals surface area contributed by atoms with Gasteiger partial charge in [0.2, 0.25) is 0 Å². The Kier molecular flexibility index (Phi) is 4.40. The van der Waals surface area contributed by atoms with E-state index in [0.717, 1.165) is 11.3 Å². The summed E-state index contributed by atoms with van der Waals surface area (Å²) in [6, 6.07) is 14.8. The van der Waals surface area contributed by atoms with Crippen molar-refractivity contribution in [1.82, 2.24) is 0 Å². The fourth-order valence-corrected chi connectivity index (χ4v) is 2.34. The second kappa shape index (κ2) is 6.06. The molecule has 0 bridgehead atoms. The number of rotatable bonds is 4. The zero-order valence-electron chi connectivity index (χ0n) is 12.1. The largest absolute Gasteiger partial charge is 0.389 e. The van der Waals surface area contributed by atoms with Crippen LogP contribution in [-0.4, -0.2) is 4.99 Å². The molecule has 0 radical (unpaired) electrons. The number of aryl methyl sites for hydroxylation is 2. The molecule has 3 heteroatoms. The van der Waals surface area contributed by atoms with Crippen LogP contribution in [-0.2, 0) is 0 Å².